The van der Waals surface area contributed by atoms with Crippen LogP contribution in [-0.2, 0) is 6.54 Å². The van der Waals surface area contributed by atoms with Crippen LogP contribution in [0, 0.1) is 6.92 Å². The number of nitrogens with zero attached hydrogens (tertiary/aromatic N) is 4. The molecular formula is C10H10N4O2. The van der Waals surface area contributed by atoms with E-state index in [0.717, 1.165) is 5.56 Å². The summed E-state index contributed by atoms with van der Waals surface area (Å²) in [5.41, 5.74) is 1.47. The first-order chi connectivity index (χ1) is 7.68. The largest absolute Gasteiger partial charge is 0.476 e. The van der Waals surface area contributed by atoms with Crippen LogP contribution in [0.5, 0.6) is 0 Å². The van der Waals surface area contributed by atoms with E-state index in [9.17, 15) is 4.79 Å². The molecule has 0 unspecified atom stereocenters. The van der Waals surface area contributed by atoms with Crippen LogP contribution < -0.4 is 0 Å². The Morgan fingerprint density at radius 2 is 2.12 bits per heavy atom. The Kier molecular flexibility index (Phi) is 2.63. The Hall–Kier alpha value is -2.24. The lowest BCUT2D eigenvalue weighted by Gasteiger charge is -2.02. The summed E-state index contributed by atoms with van der Waals surface area (Å²) in [4.78, 5) is 14.9. The second-order valence-corrected chi connectivity index (χ2v) is 3.34. The van der Waals surface area contributed by atoms with Crippen molar-refractivity contribution in [2.45, 2.75) is 13.5 Å². The Bertz CT molecular complexity index is 507. The number of carboxylic acids is 1. The minimum atomic E-state index is -1.02. The molecule has 2 aromatic heterocycles. The van der Waals surface area contributed by atoms with Crippen molar-refractivity contribution in [2.75, 3.05) is 0 Å². The molecule has 2 heterocycles. The summed E-state index contributed by atoms with van der Waals surface area (Å²) in [6.45, 7) is 2.00. The van der Waals surface area contributed by atoms with Crippen molar-refractivity contribution >= 4 is 5.97 Å². The first-order valence-electron chi connectivity index (χ1n) is 4.71. The summed E-state index contributed by atoms with van der Waals surface area (Å²) in [5.74, 6) is -1.02. The van der Waals surface area contributed by atoms with Crippen LogP contribution in [0.25, 0.3) is 0 Å². The summed E-state index contributed by atoms with van der Waals surface area (Å²) in [7, 11) is 0. The molecule has 82 valence electrons. The maximum absolute atomic E-state index is 11.0. The minimum Gasteiger partial charge on any atom is -0.476 e. The monoisotopic (exact) mass is 218 g/mol. The summed E-state index contributed by atoms with van der Waals surface area (Å²) >= 11 is 0. The van der Waals surface area contributed by atoms with Gasteiger partial charge in [-0.05, 0) is 24.6 Å². The molecular weight excluding hydrogens is 208 g/mol. The van der Waals surface area contributed by atoms with Gasteiger partial charge in [-0.15, -0.1) is 5.10 Å². The summed E-state index contributed by atoms with van der Waals surface area (Å²) in [6, 6.07) is 3.62. The van der Waals surface area contributed by atoms with Crippen molar-refractivity contribution in [1.82, 2.24) is 20.0 Å². The van der Waals surface area contributed by atoms with Crippen LogP contribution in [-0.4, -0.2) is 31.1 Å². The number of aryl methyl sites for hydroxylation is 1. The molecule has 0 fully saturated rings. The lowest BCUT2D eigenvalue weighted by atomic mass is 10.2. The zero-order valence-electron chi connectivity index (χ0n) is 8.66. The van der Waals surface area contributed by atoms with Gasteiger partial charge in [0.2, 0.25) is 0 Å². The van der Waals surface area contributed by atoms with E-state index < -0.39 is 5.97 Å². The molecule has 0 radical (unpaired) electrons. The number of hydrogen-bond donors (Lipinski definition) is 1. The number of aromatic nitrogens is 4. The molecule has 0 saturated heterocycles. The SMILES string of the molecule is Cc1nnn(Cc2ccncc2)c1C(=O)O. The van der Waals surface area contributed by atoms with Gasteiger partial charge in [0.1, 0.15) is 0 Å². The van der Waals surface area contributed by atoms with Gasteiger partial charge in [0.15, 0.2) is 5.69 Å². The minimum absolute atomic E-state index is 0.122. The zero-order chi connectivity index (χ0) is 11.5. The van der Waals surface area contributed by atoms with Crippen molar-refractivity contribution in [3.8, 4) is 0 Å². The van der Waals surface area contributed by atoms with Gasteiger partial charge in [0, 0.05) is 12.4 Å². The van der Waals surface area contributed by atoms with Crippen molar-refractivity contribution in [1.29, 1.82) is 0 Å². The van der Waals surface area contributed by atoms with Gasteiger partial charge in [0.25, 0.3) is 0 Å². The number of rotatable bonds is 3. The van der Waals surface area contributed by atoms with Crippen LogP contribution in [0.2, 0.25) is 0 Å². The molecule has 6 heteroatoms. The van der Waals surface area contributed by atoms with E-state index in [2.05, 4.69) is 15.3 Å². The maximum atomic E-state index is 11.0. The molecule has 0 amide bonds. The molecule has 16 heavy (non-hydrogen) atoms. The highest BCUT2D eigenvalue weighted by molar-refractivity contribution is 5.86. The maximum Gasteiger partial charge on any atom is 0.356 e. The molecule has 0 bridgehead atoms. The summed E-state index contributed by atoms with van der Waals surface area (Å²) in [6.07, 6.45) is 3.30. The van der Waals surface area contributed by atoms with Gasteiger partial charge in [-0.25, -0.2) is 9.48 Å². The van der Waals surface area contributed by atoms with Crippen LogP contribution in [0.4, 0.5) is 0 Å². The smallest absolute Gasteiger partial charge is 0.356 e. The molecule has 0 saturated carbocycles. The third-order valence-corrected chi connectivity index (χ3v) is 2.19. The van der Waals surface area contributed by atoms with Gasteiger partial charge in [-0.3, -0.25) is 4.98 Å². The average Bonchev–Trinajstić information content (AvgIpc) is 2.61. The molecule has 0 aliphatic heterocycles. The quantitative estimate of drug-likeness (QED) is 0.821. The Morgan fingerprint density at radius 1 is 1.44 bits per heavy atom. The lowest BCUT2D eigenvalue weighted by Crippen LogP contribution is -2.11. The van der Waals surface area contributed by atoms with E-state index >= 15 is 0 Å². The molecule has 0 aliphatic rings. The van der Waals surface area contributed by atoms with Crippen molar-refractivity contribution < 1.29 is 9.90 Å². The van der Waals surface area contributed by atoms with Gasteiger partial charge in [0.05, 0.1) is 12.2 Å². The number of hydrogen-bond acceptors (Lipinski definition) is 4. The first kappa shape index (κ1) is 10.3. The third kappa shape index (κ3) is 1.90. The van der Waals surface area contributed by atoms with Gasteiger partial charge in [-0.2, -0.15) is 0 Å². The average molecular weight is 218 g/mol. The topological polar surface area (TPSA) is 80.9 Å². The van der Waals surface area contributed by atoms with Gasteiger partial charge >= 0.3 is 5.97 Å². The zero-order valence-corrected chi connectivity index (χ0v) is 8.66. The molecule has 0 atom stereocenters. The highest BCUT2D eigenvalue weighted by Gasteiger charge is 2.16. The Balaban J connectivity index is 2.32. The second kappa shape index (κ2) is 4.09. The van der Waals surface area contributed by atoms with Gasteiger partial charge in [-0.1, -0.05) is 5.21 Å². The lowest BCUT2D eigenvalue weighted by molar-refractivity contribution is 0.0683. The molecule has 0 spiro atoms. The first-order valence-corrected chi connectivity index (χ1v) is 4.71. The molecule has 2 rings (SSSR count). The predicted molar refractivity (Wildman–Crippen MR) is 55.1 cm³/mol. The van der Waals surface area contributed by atoms with Crippen LogP contribution >= 0.6 is 0 Å². The molecule has 0 aliphatic carbocycles. The normalized spacial score (nSPS) is 10.3. The predicted octanol–water partition coefficient (Wildman–Crippen LogP) is 0.728. The van der Waals surface area contributed by atoms with E-state index in [1.54, 1.807) is 19.3 Å². The summed E-state index contributed by atoms with van der Waals surface area (Å²) in [5, 5.41) is 16.5. The fraction of sp³-hybridized carbons (Fsp3) is 0.200. The van der Waals surface area contributed by atoms with Crippen molar-refractivity contribution in [3.05, 3.63) is 41.5 Å². The van der Waals surface area contributed by atoms with E-state index in [4.69, 9.17) is 5.11 Å². The number of pyridine rings is 1. The molecule has 1 N–H and O–H groups in total. The van der Waals surface area contributed by atoms with Crippen LogP contribution in [0.15, 0.2) is 24.5 Å². The van der Waals surface area contributed by atoms with Crippen LogP contribution in [0.1, 0.15) is 21.7 Å². The Labute approximate surface area is 91.6 Å². The van der Waals surface area contributed by atoms with E-state index in [1.807, 2.05) is 12.1 Å². The van der Waals surface area contributed by atoms with Crippen molar-refractivity contribution in [3.63, 3.8) is 0 Å². The van der Waals surface area contributed by atoms with E-state index in [1.165, 1.54) is 4.68 Å². The Morgan fingerprint density at radius 3 is 2.75 bits per heavy atom. The van der Waals surface area contributed by atoms with E-state index in [0.29, 0.717) is 12.2 Å². The summed E-state index contributed by atoms with van der Waals surface area (Å²) < 4.78 is 1.37. The van der Waals surface area contributed by atoms with Crippen molar-refractivity contribution in [2.24, 2.45) is 0 Å². The highest BCUT2D eigenvalue weighted by atomic mass is 16.4. The van der Waals surface area contributed by atoms with Crippen LogP contribution in [0.3, 0.4) is 0 Å². The number of carboxylic acid groups (broad SMARTS) is 1. The van der Waals surface area contributed by atoms with E-state index in [-0.39, 0.29) is 5.69 Å². The highest BCUT2D eigenvalue weighted by Crippen LogP contribution is 2.07. The molecule has 6 nitrogen and oxygen atoms in total. The van der Waals surface area contributed by atoms with Gasteiger partial charge < -0.3 is 5.11 Å². The molecule has 2 aromatic rings. The third-order valence-electron chi connectivity index (χ3n) is 2.19. The fourth-order valence-electron chi connectivity index (χ4n) is 1.44. The fourth-order valence-corrected chi connectivity index (χ4v) is 1.44. The standard InChI is InChI=1S/C10H10N4O2/c1-7-9(10(15)16)14(13-12-7)6-8-2-4-11-5-3-8/h2-5H,6H2,1H3,(H,15,16). The molecule has 0 aromatic carbocycles. The second-order valence-electron chi connectivity index (χ2n) is 3.34. The number of aromatic carboxylic acids is 1. The number of carbonyl (C=O) groups is 1.